The molecule has 1 aliphatic heterocycles. The highest BCUT2D eigenvalue weighted by atomic mass is 16.3. The summed E-state index contributed by atoms with van der Waals surface area (Å²) in [7, 11) is 0. The Morgan fingerprint density at radius 2 is 1.95 bits per heavy atom. The van der Waals surface area contributed by atoms with Crippen LogP contribution in [0.15, 0.2) is 30.3 Å². The van der Waals surface area contributed by atoms with Crippen LogP contribution in [0.4, 0.5) is 0 Å². The van der Waals surface area contributed by atoms with Gasteiger partial charge in [0.15, 0.2) is 0 Å². The van der Waals surface area contributed by atoms with E-state index in [9.17, 15) is 9.90 Å². The minimum Gasteiger partial charge on any atom is -0.390 e. The first-order valence-corrected chi connectivity index (χ1v) is 7.30. The Bertz CT molecular complexity index is 421. The molecule has 1 heterocycles. The number of carbonyl (C=O) groups excluding carboxylic acids is 1. The SMILES string of the molecule is CC1(O)CCN(CC(=O)NCCc2ccccc2)CC1. The number of amides is 1. The quantitative estimate of drug-likeness (QED) is 0.849. The summed E-state index contributed by atoms with van der Waals surface area (Å²) < 4.78 is 0. The first-order chi connectivity index (χ1) is 9.55. The molecule has 2 rings (SSSR count). The second-order valence-electron chi connectivity index (χ2n) is 5.86. The maximum atomic E-state index is 11.8. The van der Waals surface area contributed by atoms with Crippen molar-refractivity contribution >= 4 is 5.91 Å². The van der Waals surface area contributed by atoms with Gasteiger partial charge in [0.1, 0.15) is 0 Å². The fraction of sp³-hybridized carbons (Fsp3) is 0.562. The number of rotatable bonds is 5. The second-order valence-corrected chi connectivity index (χ2v) is 5.86. The van der Waals surface area contributed by atoms with Crippen LogP contribution in [0.5, 0.6) is 0 Å². The van der Waals surface area contributed by atoms with Gasteiger partial charge in [-0.3, -0.25) is 9.69 Å². The maximum Gasteiger partial charge on any atom is 0.234 e. The van der Waals surface area contributed by atoms with Gasteiger partial charge in [0, 0.05) is 19.6 Å². The van der Waals surface area contributed by atoms with Crippen molar-refractivity contribution in [2.24, 2.45) is 0 Å². The summed E-state index contributed by atoms with van der Waals surface area (Å²) in [6.07, 6.45) is 2.34. The lowest BCUT2D eigenvalue weighted by Crippen LogP contribution is -2.46. The smallest absolute Gasteiger partial charge is 0.234 e. The Hall–Kier alpha value is -1.39. The third-order valence-corrected chi connectivity index (χ3v) is 3.88. The molecule has 110 valence electrons. The Kier molecular flexibility index (Phi) is 5.15. The molecule has 1 amide bonds. The molecule has 4 heteroatoms. The number of piperidine rings is 1. The molecule has 2 N–H and O–H groups in total. The van der Waals surface area contributed by atoms with E-state index < -0.39 is 5.60 Å². The van der Waals surface area contributed by atoms with Crippen LogP contribution < -0.4 is 5.32 Å². The average molecular weight is 276 g/mol. The molecule has 0 unspecified atom stereocenters. The standard InChI is InChI=1S/C16H24N2O2/c1-16(20)8-11-18(12-9-16)13-15(19)17-10-7-14-5-3-2-4-6-14/h2-6,20H,7-13H2,1H3,(H,17,19). The Morgan fingerprint density at radius 3 is 2.60 bits per heavy atom. The van der Waals surface area contributed by atoms with Crippen molar-refractivity contribution in [1.29, 1.82) is 0 Å². The second kappa shape index (κ2) is 6.86. The van der Waals surface area contributed by atoms with E-state index in [4.69, 9.17) is 0 Å². The third kappa shape index (κ3) is 4.94. The number of hydrogen-bond donors (Lipinski definition) is 2. The zero-order valence-corrected chi connectivity index (χ0v) is 12.1. The topological polar surface area (TPSA) is 52.6 Å². The molecule has 20 heavy (non-hydrogen) atoms. The predicted octanol–water partition coefficient (Wildman–Crippen LogP) is 1.19. The summed E-state index contributed by atoms with van der Waals surface area (Å²) in [4.78, 5) is 14.0. The highest BCUT2D eigenvalue weighted by molar-refractivity contribution is 5.78. The number of hydrogen-bond acceptors (Lipinski definition) is 3. The van der Waals surface area contributed by atoms with Gasteiger partial charge in [0.05, 0.1) is 12.1 Å². The minimum atomic E-state index is -0.555. The van der Waals surface area contributed by atoms with Crippen LogP contribution in [0, 0.1) is 0 Å². The van der Waals surface area contributed by atoms with Crippen LogP contribution in [-0.4, -0.2) is 47.7 Å². The van der Waals surface area contributed by atoms with Crippen molar-refractivity contribution in [2.45, 2.75) is 31.8 Å². The maximum absolute atomic E-state index is 11.8. The van der Waals surface area contributed by atoms with Crippen molar-refractivity contribution in [3.8, 4) is 0 Å². The molecule has 1 aromatic carbocycles. The van der Waals surface area contributed by atoms with Crippen LogP contribution in [-0.2, 0) is 11.2 Å². The number of aliphatic hydroxyl groups is 1. The first-order valence-electron chi connectivity index (χ1n) is 7.30. The van der Waals surface area contributed by atoms with Crippen molar-refractivity contribution < 1.29 is 9.90 Å². The lowest BCUT2D eigenvalue weighted by Gasteiger charge is -2.35. The molecule has 0 bridgehead atoms. The molecule has 0 radical (unpaired) electrons. The summed E-state index contributed by atoms with van der Waals surface area (Å²) >= 11 is 0. The van der Waals surface area contributed by atoms with E-state index in [2.05, 4.69) is 22.3 Å². The van der Waals surface area contributed by atoms with E-state index >= 15 is 0 Å². The van der Waals surface area contributed by atoms with Gasteiger partial charge in [0.2, 0.25) is 5.91 Å². The molecule has 0 atom stereocenters. The van der Waals surface area contributed by atoms with Gasteiger partial charge in [0.25, 0.3) is 0 Å². The molecule has 4 nitrogen and oxygen atoms in total. The number of nitrogens with zero attached hydrogens (tertiary/aromatic N) is 1. The summed E-state index contributed by atoms with van der Waals surface area (Å²) in [6.45, 7) is 4.56. The first kappa shape index (κ1) is 15.0. The molecule has 0 saturated carbocycles. The lowest BCUT2D eigenvalue weighted by atomic mass is 9.94. The predicted molar refractivity (Wildman–Crippen MR) is 79.5 cm³/mol. The molecular weight excluding hydrogens is 252 g/mol. The normalized spacial score (nSPS) is 18.7. The van der Waals surface area contributed by atoms with Crippen LogP contribution in [0.1, 0.15) is 25.3 Å². The molecule has 1 aliphatic rings. The molecule has 0 spiro atoms. The van der Waals surface area contributed by atoms with Gasteiger partial charge in [-0.25, -0.2) is 0 Å². The van der Waals surface area contributed by atoms with E-state index in [1.807, 2.05) is 25.1 Å². The van der Waals surface area contributed by atoms with Gasteiger partial charge in [-0.1, -0.05) is 30.3 Å². The van der Waals surface area contributed by atoms with Gasteiger partial charge in [-0.15, -0.1) is 0 Å². The summed E-state index contributed by atoms with van der Waals surface area (Å²) in [5, 5.41) is 12.8. The van der Waals surface area contributed by atoms with E-state index in [-0.39, 0.29) is 5.91 Å². The van der Waals surface area contributed by atoms with Crippen molar-refractivity contribution in [2.75, 3.05) is 26.2 Å². The highest BCUT2D eigenvalue weighted by Crippen LogP contribution is 2.20. The Balaban J connectivity index is 1.64. The van der Waals surface area contributed by atoms with Crippen LogP contribution in [0.2, 0.25) is 0 Å². The summed E-state index contributed by atoms with van der Waals surface area (Å²) in [5.74, 6) is 0.0717. The zero-order chi connectivity index (χ0) is 14.4. The number of likely N-dealkylation sites (tertiary alicyclic amines) is 1. The van der Waals surface area contributed by atoms with Crippen molar-refractivity contribution in [3.63, 3.8) is 0 Å². The van der Waals surface area contributed by atoms with E-state index in [0.29, 0.717) is 13.1 Å². The van der Waals surface area contributed by atoms with Crippen LogP contribution in [0.3, 0.4) is 0 Å². The summed E-state index contributed by atoms with van der Waals surface area (Å²) in [5.41, 5.74) is 0.683. The molecule has 0 aromatic heterocycles. The monoisotopic (exact) mass is 276 g/mol. The van der Waals surface area contributed by atoms with Crippen molar-refractivity contribution in [3.05, 3.63) is 35.9 Å². The van der Waals surface area contributed by atoms with Crippen molar-refractivity contribution in [1.82, 2.24) is 10.2 Å². The number of benzene rings is 1. The van der Waals surface area contributed by atoms with Crippen LogP contribution >= 0.6 is 0 Å². The van der Waals surface area contributed by atoms with E-state index in [1.165, 1.54) is 5.56 Å². The molecule has 1 aromatic rings. The van der Waals surface area contributed by atoms with E-state index in [0.717, 1.165) is 32.4 Å². The highest BCUT2D eigenvalue weighted by Gasteiger charge is 2.27. The molecule has 1 saturated heterocycles. The third-order valence-electron chi connectivity index (χ3n) is 3.88. The van der Waals surface area contributed by atoms with E-state index in [1.54, 1.807) is 0 Å². The van der Waals surface area contributed by atoms with Gasteiger partial charge in [-0.2, -0.15) is 0 Å². The average Bonchev–Trinajstić information content (AvgIpc) is 2.42. The fourth-order valence-electron chi connectivity index (χ4n) is 2.44. The Morgan fingerprint density at radius 1 is 1.30 bits per heavy atom. The molecule has 1 fully saturated rings. The minimum absolute atomic E-state index is 0.0717. The zero-order valence-electron chi connectivity index (χ0n) is 12.1. The summed E-state index contributed by atoms with van der Waals surface area (Å²) in [6, 6.07) is 10.2. The number of carbonyl (C=O) groups is 1. The largest absolute Gasteiger partial charge is 0.390 e. The fourth-order valence-corrected chi connectivity index (χ4v) is 2.44. The van der Waals surface area contributed by atoms with Gasteiger partial charge >= 0.3 is 0 Å². The molecule has 0 aliphatic carbocycles. The lowest BCUT2D eigenvalue weighted by molar-refractivity contribution is -0.123. The number of nitrogens with one attached hydrogen (secondary N) is 1. The van der Waals surface area contributed by atoms with Gasteiger partial charge in [-0.05, 0) is 31.7 Å². The Labute approximate surface area is 120 Å². The van der Waals surface area contributed by atoms with Crippen LogP contribution in [0.25, 0.3) is 0 Å². The molecular formula is C16H24N2O2. The van der Waals surface area contributed by atoms with Gasteiger partial charge < -0.3 is 10.4 Å².